The Morgan fingerprint density at radius 1 is 1.29 bits per heavy atom. The van der Waals surface area contributed by atoms with E-state index in [1.807, 2.05) is 23.8 Å². The van der Waals surface area contributed by atoms with Crippen LogP contribution in [-0.4, -0.2) is 28.5 Å². The number of aryl methyl sites for hydroxylation is 2. The molecular formula is C26H25FN4O3. The van der Waals surface area contributed by atoms with Crippen LogP contribution in [0.5, 0.6) is 0 Å². The van der Waals surface area contributed by atoms with E-state index < -0.39 is 0 Å². The van der Waals surface area contributed by atoms with Crippen molar-refractivity contribution in [1.82, 2.24) is 14.9 Å². The van der Waals surface area contributed by atoms with Gasteiger partial charge >= 0.3 is 0 Å². The van der Waals surface area contributed by atoms with Crippen LogP contribution in [0.4, 0.5) is 10.1 Å². The predicted molar refractivity (Wildman–Crippen MR) is 127 cm³/mol. The van der Waals surface area contributed by atoms with Gasteiger partial charge in [-0.3, -0.25) is 9.59 Å². The van der Waals surface area contributed by atoms with Crippen molar-refractivity contribution in [3.63, 3.8) is 0 Å². The minimum atomic E-state index is -0.366. The van der Waals surface area contributed by atoms with Gasteiger partial charge in [0, 0.05) is 30.4 Å². The molecule has 1 unspecified atom stereocenters. The molecule has 8 heteroatoms. The number of rotatable bonds is 5. The van der Waals surface area contributed by atoms with E-state index in [1.165, 1.54) is 23.3 Å². The van der Waals surface area contributed by atoms with Gasteiger partial charge in [-0.05, 0) is 42.8 Å². The second kappa shape index (κ2) is 10.2. The lowest BCUT2D eigenvalue weighted by Crippen LogP contribution is -2.12. The summed E-state index contributed by atoms with van der Waals surface area (Å²) in [7, 11) is 1.88. The molecule has 3 aromatic rings. The Morgan fingerprint density at radius 2 is 2.15 bits per heavy atom. The largest absolute Gasteiger partial charge is 0.493 e. The normalized spacial score (nSPS) is 17.3. The van der Waals surface area contributed by atoms with Crippen LogP contribution < -0.4 is 10.6 Å². The number of anilines is 1. The van der Waals surface area contributed by atoms with Crippen molar-refractivity contribution >= 4 is 23.6 Å². The van der Waals surface area contributed by atoms with Crippen LogP contribution in [0.25, 0.3) is 5.57 Å². The van der Waals surface area contributed by atoms with E-state index in [2.05, 4.69) is 40.7 Å². The van der Waals surface area contributed by atoms with Crippen LogP contribution in [0.2, 0.25) is 0 Å². The number of ether oxygens (including phenoxy) is 1. The number of carbonyl (C=O) groups excluding carboxylic acids is 2. The monoisotopic (exact) mass is 460 g/mol. The predicted octanol–water partition coefficient (Wildman–Crippen LogP) is 3.83. The van der Waals surface area contributed by atoms with Crippen LogP contribution in [0.3, 0.4) is 0 Å². The highest BCUT2D eigenvalue weighted by Gasteiger charge is 2.26. The summed E-state index contributed by atoms with van der Waals surface area (Å²) in [6.07, 6.45) is 7.79. The van der Waals surface area contributed by atoms with Gasteiger partial charge in [0.2, 0.25) is 6.41 Å². The molecule has 2 aliphatic heterocycles. The maximum Gasteiger partial charge on any atom is 0.256 e. The van der Waals surface area contributed by atoms with E-state index in [0.29, 0.717) is 42.1 Å². The highest BCUT2D eigenvalue weighted by atomic mass is 19.1. The van der Waals surface area contributed by atoms with Gasteiger partial charge in [-0.1, -0.05) is 29.8 Å². The van der Waals surface area contributed by atoms with Crippen molar-refractivity contribution < 1.29 is 18.7 Å². The molecule has 0 fully saturated rings. The Hall–Kier alpha value is -4.20. The molecule has 2 amide bonds. The van der Waals surface area contributed by atoms with E-state index in [4.69, 9.17) is 4.74 Å². The van der Waals surface area contributed by atoms with Gasteiger partial charge in [-0.2, -0.15) is 0 Å². The lowest BCUT2D eigenvalue weighted by atomic mass is 9.98. The third-order valence-electron chi connectivity index (χ3n) is 5.60. The molecule has 2 aliphatic rings. The standard InChI is InChI=1S/C20H16FNO2.C6H9N3O/c1-12-3-2-4-13(7-12)14-8-16(24-11-14)10-18-17-9-15(21)5-6-19(17)22-20(18)23;1-9-4-7-2-6(9)3-8-5-10/h2-10,14H,11H2,1H3,(H,22,23);2,4-5H,3H2,1H3,(H,8,10)/b18-10+;. The van der Waals surface area contributed by atoms with Crippen molar-refractivity contribution in [3.05, 3.63) is 101 Å². The molecule has 34 heavy (non-hydrogen) atoms. The molecule has 1 aromatic heterocycles. The minimum absolute atomic E-state index is 0.160. The number of nitrogens with zero attached hydrogens (tertiary/aromatic N) is 2. The number of fused-ring (bicyclic) bond motifs is 1. The first kappa shape index (κ1) is 23.0. The molecule has 0 bridgehead atoms. The number of hydrogen-bond acceptors (Lipinski definition) is 4. The fourth-order valence-electron chi connectivity index (χ4n) is 3.81. The summed E-state index contributed by atoms with van der Waals surface area (Å²) in [5.74, 6) is 0.200. The van der Waals surface area contributed by atoms with Crippen LogP contribution in [0.15, 0.2) is 72.9 Å². The summed E-state index contributed by atoms with van der Waals surface area (Å²) in [6, 6.07) is 12.6. The number of hydrogen-bond donors (Lipinski definition) is 2. The number of amides is 2. The van der Waals surface area contributed by atoms with E-state index in [0.717, 1.165) is 5.69 Å². The van der Waals surface area contributed by atoms with Gasteiger partial charge in [0.25, 0.3) is 5.91 Å². The molecule has 2 aromatic carbocycles. The molecule has 0 saturated carbocycles. The Balaban J connectivity index is 0.000000231. The van der Waals surface area contributed by atoms with Gasteiger partial charge < -0.3 is 19.9 Å². The molecule has 5 rings (SSSR count). The topological polar surface area (TPSA) is 85.2 Å². The average Bonchev–Trinajstić information content (AvgIpc) is 3.53. The van der Waals surface area contributed by atoms with Gasteiger partial charge in [0.1, 0.15) is 11.6 Å². The van der Waals surface area contributed by atoms with E-state index >= 15 is 0 Å². The first-order valence-electron chi connectivity index (χ1n) is 10.8. The fourth-order valence-corrected chi connectivity index (χ4v) is 3.81. The summed E-state index contributed by atoms with van der Waals surface area (Å²) in [5, 5.41) is 5.29. The van der Waals surface area contributed by atoms with Crippen LogP contribution in [0, 0.1) is 12.7 Å². The van der Waals surface area contributed by atoms with Crippen molar-refractivity contribution in [2.45, 2.75) is 19.4 Å². The van der Waals surface area contributed by atoms with Crippen molar-refractivity contribution in [3.8, 4) is 0 Å². The third kappa shape index (κ3) is 5.23. The molecular weight excluding hydrogens is 435 g/mol. The van der Waals surface area contributed by atoms with Gasteiger partial charge in [-0.15, -0.1) is 0 Å². The first-order valence-corrected chi connectivity index (χ1v) is 10.8. The second-order valence-corrected chi connectivity index (χ2v) is 8.10. The summed E-state index contributed by atoms with van der Waals surface area (Å²) < 4.78 is 21.1. The van der Waals surface area contributed by atoms with E-state index in [-0.39, 0.29) is 17.6 Å². The van der Waals surface area contributed by atoms with Crippen LogP contribution in [-0.2, 0) is 27.9 Å². The smallest absolute Gasteiger partial charge is 0.256 e. The first-order chi connectivity index (χ1) is 16.4. The summed E-state index contributed by atoms with van der Waals surface area (Å²) in [6.45, 7) is 3.14. The maximum absolute atomic E-state index is 13.5. The quantitative estimate of drug-likeness (QED) is 0.448. The lowest BCUT2D eigenvalue weighted by Gasteiger charge is -2.06. The highest BCUT2D eigenvalue weighted by Crippen LogP contribution is 2.35. The number of allylic oxidation sites excluding steroid dienone is 1. The number of halogens is 1. The summed E-state index contributed by atoms with van der Waals surface area (Å²) in [5.41, 5.74) is 5.01. The third-order valence-corrected chi connectivity index (χ3v) is 5.60. The lowest BCUT2D eigenvalue weighted by molar-refractivity contribution is -0.111. The zero-order valence-corrected chi connectivity index (χ0v) is 18.9. The van der Waals surface area contributed by atoms with Gasteiger partial charge in [0.15, 0.2) is 0 Å². The number of carbonyl (C=O) groups is 2. The molecule has 0 saturated heterocycles. The Labute approximate surface area is 197 Å². The Kier molecular flexibility index (Phi) is 6.87. The molecule has 174 valence electrons. The highest BCUT2D eigenvalue weighted by molar-refractivity contribution is 6.31. The molecule has 2 N–H and O–H groups in total. The molecule has 0 spiro atoms. The fraction of sp³-hybridized carbons (Fsp3) is 0.192. The van der Waals surface area contributed by atoms with Crippen molar-refractivity contribution in [2.24, 2.45) is 7.05 Å². The minimum Gasteiger partial charge on any atom is -0.493 e. The zero-order chi connectivity index (χ0) is 24.1. The van der Waals surface area contributed by atoms with E-state index in [1.54, 1.807) is 24.7 Å². The average molecular weight is 461 g/mol. The second-order valence-electron chi connectivity index (χ2n) is 8.10. The summed E-state index contributed by atoms with van der Waals surface area (Å²) in [4.78, 5) is 25.9. The Morgan fingerprint density at radius 3 is 2.88 bits per heavy atom. The summed E-state index contributed by atoms with van der Waals surface area (Å²) >= 11 is 0. The number of imidazole rings is 1. The molecule has 0 aliphatic carbocycles. The van der Waals surface area contributed by atoms with Crippen molar-refractivity contribution in [2.75, 3.05) is 11.9 Å². The van der Waals surface area contributed by atoms with Crippen LogP contribution >= 0.6 is 0 Å². The molecule has 7 nitrogen and oxygen atoms in total. The van der Waals surface area contributed by atoms with Crippen LogP contribution in [0.1, 0.15) is 28.3 Å². The zero-order valence-electron chi connectivity index (χ0n) is 18.9. The molecule has 1 atom stereocenters. The molecule has 3 heterocycles. The van der Waals surface area contributed by atoms with Gasteiger partial charge in [0.05, 0.1) is 30.7 Å². The Bertz CT molecular complexity index is 1280. The number of nitrogens with one attached hydrogen (secondary N) is 2. The van der Waals surface area contributed by atoms with Crippen molar-refractivity contribution in [1.29, 1.82) is 0 Å². The molecule has 0 radical (unpaired) electrons. The maximum atomic E-state index is 13.5. The number of aromatic nitrogens is 2. The van der Waals surface area contributed by atoms with E-state index in [9.17, 15) is 14.0 Å². The SMILES string of the molecule is Cc1cccc(C2C=C(/C=C3/C(=O)Nc4ccc(F)cc43)OC2)c1.Cn1cncc1CNC=O. The number of benzene rings is 2. The van der Waals surface area contributed by atoms with Gasteiger partial charge in [-0.25, -0.2) is 9.37 Å².